The lowest BCUT2D eigenvalue weighted by Crippen LogP contribution is -2.16. The number of rotatable bonds is 2. The third kappa shape index (κ3) is 2.08. The maximum atomic E-state index is 10.9. The van der Waals surface area contributed by atoms with Gasteiger partial charge in [0.2, 0.25) is 0 Å². The highest BCUT2D eigenvalue weighted by molar-refractivity contribution is 7.86. The lowest BCUT2D eigenvalue weighted by atomic mass is 9.94. The predicted octanol–water partition coefficient (Wildman–Crippen LogP) is 0.0441. The van der Waals surface area contributed by atoms with Crippen molar-refractivity contribution in [1.29, 1.82) is 0 Å². The molecule has 0 saturated carbocycles. The number of hydrogen-bond acceptors (Lipinski definition) is 3. The number of aryl methyl sites for hydroxylation is 1. The Labute approximate surface area is 84.1 Å². The first-order chi connectivity index (χ1) is 6.36. The molecule has 0 atom stereocenters. The van der Waals surface area contributed by atoms with Crippen LogP contribution in [-0.2, 0) is 10.1 Å². The summed E-state index contributed by atoms with van der Waals surface area (Å²) >= 11 is 0. The smallest absolute Gasteiger partial charge is 0.294 e. The Balaban J connectivity index is 3.47. The summed E-state index contributed by atoms with van der Waals surface area (Å²) in [5, 5.41) is 0. The molecule has 0 unspecified atom stereocenters. The summed E-state index contributed by atoms with van der Waals surface area (Å²) in [6, 6.07) is 2.63. The first-order valence-electron chi connectivity index (χ1n) is 3.78. The molecule has 1 N–H and O–H groups in total. The predicted molar refractivity (Wildman–Crippen MR) is 52.9 cm³/mol. The summed E-state index contributed by atoms with van der Waals surface area (Å²) in [6.07, 6.45) is 0. The lowest BCUT2D eigenvalue weighted by Gasteiger charge is -2.09. The molecule has 0 aliphatic carbocycles. The van der Waals surface area contributed by atoms with Crippen LogP contribution in [0.25, 0.3) is 0 Å². The van der Waals surface area contributed by atoms with Gasteiger partial charge < -0.3 is 4.74 Å². The number of benzene rings is 1. The van der Waals surface area contributed by atoms with E-state index in [1.54, 1.807) is 6.92 Å². The van der Waals surface area contributed by atoms with Crippen LogP contribution < -0.4 is 10.2 Å². The van der Waals surface area contributed by atoms with E-state index in [-0.39, 0.29) is 10.4 Å². The molecule has 1 aromatic rings. The van der Waals surface area contributed by atoms with Crippen LogP contribution in [0.3, 0.4) is 0 Å². The minimum atomic E-state index is -4.29. The second-order valence-corrected chi connectivity index (χ2v) is 4.22. The van der Waals surface area contributed by atoms with Gasteiger partial charge in [-0.2, -0.15) is 8.42 Å². The van der Waals surface area contributed by atoms with Gasteiger partial charge in [0.05, 0.1) is 12.0 Å². The van der Waals surface area contributed by atoms with Gasteiger partial charge >= 0.3 is 0 Å². The van der Waals surface area contributed by atoms with Gasteiger partial charge in [0.25, 0.3) is 10.1 Å². The van der Waals surface area contributed by atoms with E-state index in [4.69, 9.17) is 17.1 Å². The van der Waals surface area contributed by atoms with E-state index in [0.717, 1.165) is 0 Å². The highest BCUT2D eigenvalue weighted by atomic mass is 32.2. The lowest BCUT2D eigenvalue weighted by molar-refractivity contribution is 0.409. The molecule has 0 aliphatic heterocycles. The molecule has 0 bridgehead atoms. The van der Waals surface area contributed by atoms with Gasteiger partial charge in [-0.05, 0) is 12.5 Å². The van der Waals surface area contributed by atoms with Crippen molar-refractivity contribution in [3.8, 4) is 5.75 Å². The Bertz CT molecular complexity index is 453. The van der Waals surface area contributed by atoms with Crippen molar-refractivity contribution in [2.24, 2.45) is 0 Å². The first-order valence-corrected chi connectivity index (χ1v) is 5.22. The quantitative estimate of drug-likeness (QED) is 0.555. The molecule has 0 aromatic heterocycles. The zero-order valence-corrected chi connectivity index (χ0v) is 8.63. The number of hydrogen-bond donors (Lipinski definition) is 1. The van der Waals surface area contributed by atoms with Gasteiger partial charge in [0, 0.05) is 6.07 Å². The van der Waals surface area contributed by atoms with Crippen LogP contribution in [0.15, 0.2) is 17.0 Å². The van der Waals surface area contributed by atoms with Crippen LogP contribution in [0.4, 0.5) is 0 Å². The summed E-state index contributed by atoms with van der Waals surface area (Å²) in [4.78, 5) is -0.333. The molecule has 14 heavy (non-hydrogen) atoms. The molecule has 1 rings (SSSR count). The van der Waals surface area contributed by atoms with Gasteiger partial charge in [0.1, 0.15) is 13.6 Å². The second kappa shape index (κ2) is 3.63. The standard InChI is InChI=1S/C8H9BO4S/c1-5-3-6(9)8(14(10,11)12)4-7(5)13-2/h3-4H,1-2H3,(H,10,11,12). The highest BCUT2D eigenvalue weighted by Gasteiger charge is 2.14. The normalized spacial score (nSPS) is 11.4. The monoisotopic (exact) mass is 212 g/mol. The molecule has 0 heterocycles. The Morgan fingerprint density at radius 3 is 2.43 bits per heavy atom. The largest absolute Gasteiger partial charge is 0.496 e. The Kier molecular flexibility index (Phi) is 2.87. The summed E-state index contributed by atoms with van der Waals surface area (Å²) in [6.45, 7) is 1.73. The maximum Gasteiger partial charge on any atom is 0.294 e. The van der Waals surface area contributed by atoms with Crippen molar-refractivity contribution in [2.45, 2.75) is 11.8 Å². The van der Waals surface area contributed by atoms with E-state index < -0.39 is 10.1 Å². The minimum absolute atomic E-state index is 0.00537. The summed E-state index contributed by atoms with van der Waals surface area (Å²) in [5.74, 6) is 0.367. The average molecular weight is 212 g/mol. The van der Waals surface area contributed by atoms with Crippen molar-refractivity contribution in [3.05, 3.63) is 17.7 Å². The zero-order valence-electron chi connectivity index (χ0n) is 7.81. The van der Waals surface area contributed by atoms with Crippen LogP contribution in [0.2, 0.25) is 0 Å². The van der Waals surface area contributed by atoms with Crippen molar-refractivity contribution < 1.29 is 17.7 Å². The fourth-order valence-corrected chi connectivity index (χ4v) is 1.75. The third-order valence-electron chi connectivity index (χ3n) is 1.81. The van der Waals surface area contributed by atoms with Gasteiger partial charge in [-0.3, -0.25) is 4.55 Å². The van der Waals surface area contributed by atoms with Gasteiger partial charge in [-0.1, -0.05) is 11.5 Å². The van der Waals surface area contributed by atoms with E-state index in [2.05, 4.69) is 0 Å². The van der Waals surface area contributed by atoms with Crippen molar-refractivity contribution in [3.63, 3.8) is 0 Å². The minimum Gasteiger partial charge on any atom is -0.496 e. The Morgan fingerprint density at radius 1 is 1.43 bits per heavy atom. The van der Waals surface area contributed by atoms with Crippen molar-refractivity contribution in [2.75, 3.05) is 7.11 Å². The molecule has 2 radical (unpaired) electrons. The maximum absolute atomic E-state index is 10.9. The van der Waals surface area contributed by atoms with Crippen LogP contribution in [0, 0.1) is 6.92 Å². The fourth-order valence-electron chi connectivity index (χ4n) is 1.14. The molecule has 4 nitrogen and oxygen atoms in total. The molecule has 0 spiro atoms. The van der Waals surface area contributed by atoms with Crippen molar-refractivity contribution >= 4 is 23.4 Å². The molecule has 1 aromatic carbocycles. The Hall–Kier alpha value is -1.01. The number of methoxy groups -OCH3 is 1. The highest BCUT2D eigenvalue weighted by Crippen LogP contribution is 2.19. The topological polar surface area (TPSA) is 63.6 Å². The molecule has 0 fully saturated rings. The van der Waals surface area contributed by atoms with E-state index >= 15 is 0 Å². The molecule has 0 saturated heterocycles. The van der Waals surface area contributed by atoms with Crippen LogP contribution in [0.1, 0.15) is 5.56 Å². The molecule has 0 aliphatic rings. The summed E-state index contributed by atoms with van der Waals surface area (Å²) in [7, 11) is 2.56. The molecule has 74 valence electrons. The van der Waals surface area contributed by atoms with Crippen LogP contribution >= 0.6 is 0 Å². The van der Waals surface area contributed by atoms with Gasteiger partial charge in [-0.15, -0.1) is 0 Å². The van der Waals surface area contributed by atoms with E-state index in [0.29, 0.717) is 11.3 Å². The molecule has 0 amide bonds. The number of ether oxygens (including phenoxy) is 1. The molecular weight excluding hydrogens is 203 g/mol. The summed E-state index contributed by atoms with van der Waals surface area (Å²) < 4.78 is 35.4. The Morgan fingerprint density at radius 2 is 2.00 bits per heavy atom. The van der Waals surface area contributed by atoms with Crippen molar-refractivity contribution in [1.82, 2.24) is 0 Å². The van der Waals surface area contributed by atoms with E-state index in [9.17, 15) is 8.42 Å². The molecular formula is C8H9BO4S. The summed E-state index contributed by atoms with van der Waals surface area (Å²) in [5.41, 5.74) is 0.711. The molecule has 6 heteroatoms. The van der Waals surface area contributed by atoms with Gasteiger partial charge in [0.15, 0.2) is 0 Å². The second-order valence-electron chi connectivity index (χ2n) is 2.83. The SMILES string of the molecule is [B]c1cc(C)c(OC)cc1S(=O)(=O)O. The van der Waals surface area contributed by atoms with Crippen LogP contribution in [-0.4, -0.2) is 27.9 Å². The average Bonchev–Trinajstić information content (AvgIpc) is 2.02. The zero-order chi connectivity index (χ0) is 10.9. The first kappa shape index (κ1) is 11.1. The van der Waals surface area contributed by atoms with Gasteiger partial charge in [-0.25, -0.2) is 0 Å². The fraction of sp³-hybridized carbons (Fsp3) is 0.250. The van der Waals surface area contributed by atoms with E-state index in [1.807, 2.05) is 0 Å². The van der Waals surface area contributed by atoms with Crippen LogP contribution in [0.5, 0.6) is 5.75 Å². The van der Waals surface area contributed by atoms with E-state index in [1.165, 1.54) is 19.2 Å². The third-order valence-corrected chi connectivity index (χ3v) is 2.71.